The first-order valence-electron chi connectivity index (χ1n) is 6.41. The van der Waals surface area contributed by atoms with Gasteiger partial charge in [-0.2, -0.15) is 0 Å². The van der Waals surface area contributed by atoms with Crippen LogP contribution in [-0.4, -0.2) is 36.0 Å². The van der Waals surface area contributed by atoms with E-state index in [1.54, 1.807) is 0 Å². The average molecular weight is 279 g/mol. The number of anilines is 1. The lowest BCUT2D eigenvalue weighted by Gasteiger charge is -2.10. The predicted molar refractivity (Wildman–Crippen MR) is 76.0 cm³/mol. The zero-order valence-corrected chi connectivity index (χ0v) is 11.7. The SMILES string of the molecule is Cn1c(NCC2CCS(=O)(=O)C2)nc2ccccc21. The lowest BCUT2D eigenvalue weighted by Crippen LogP contribution is -2.17. The highest BCUT2D eigenvalue weighted by Crippen LogP contribution is 2.21. The van der Waals surface area contributed by atoms with Crippen molar-refractivity contribution >= 4 is 26.8 Å². The fourth-order valence-corrected chi connectivity index (χ4v) is 4.43. The van der Waals surface area contributed by atoms with Crippen LogP contribution in [0.4, 0.5) is 5.95 Å². The van der Waals surface area contributed by atoms with Crippen molar-refractivity contribution in [2.24, 2.45) is 13.0 Å². The fraction of sp³-hybridized carbons (Fsp3) is 0.462. The smallest absolute Gasteiger partial charge is 0.203 e. The number of para-hydroxylation sites is 2. The Morgan fingerprint density at radius 3 is 2.89 bits per heavy atom. The van der Waals surface area contributed by atoms with Gasteiger partial charge in [-0.15, -0.1) is 0 Å². The van der Waals surface area contributed by atoms with Crippen LogP contribution < -0.4 is 5.32 Å². The Morgan fingerprint density at radius 2 is 2.21 bits per heavy atom. The van der Waals surface area contributed by atoms with Crippen LogP contribution in [0.3, 0.4) is 0 Å². The zero-order chi connectivity index (χ0) is 13.5. The number of hydrogen-bond acceptors (Lipinski definition) is 4. The van der Waals surface area contributed by atoms with E-state index < -0.39 is 9.84 Å². The van der Waals surface area contributed by atoms with Gasteiger partial charge in [-0.3, -0.25) is 0 Å². The summed E-state index contributed by atoms with van der Waals surface area (Å²) in [7, 11) is -0.840. The molecule has 1 unspecified atom stereocenters. The molecule has 2 aromatic rings. The number of aromatic nitrogens is 2. The van der Waals surface area contributed by atoms with Gasteiger partial charge in [0, 0.05) is 13.6 Å². The number of nitrogens with one attached hydrogen (secondary N) is 1. The lowest BCUT2D eigenvalue weighted by atomic mass is 10.1. The van der Waals surface area contributed by atoms with Crippen LogP contribution >= 0.6 is 0 Å². The van der Waals surface area contributed by atoms with Crippen molar-refractivity contribution in [3.8, 4) is 0 Å². The van der Waals surface area contributed by atoms with Crippen molar-refractivity contribution in [1.82, 2.24) is 9.55 Å². The van der Waals surface area contributed by atoms with Crippen molar-refractivity contribution in [3.05, 3.63) is 24.3 Å². The molecule has 102 valence electrons. The lowest BCUT2D eigenvalue weighted by molar-refractivity contribution is 0.595. The third-order valence-electron chi connectivity index (χ3n) is 3.66. The molecule has 2 heterocycles. The molecule has 0 amide bonds. The summed E-state index contributed by atoms with van der Waals surface area (Å²) < 4.78 is 24.8. The summed E-state index contributed by atoms with van der Waals surface area (Å²) in [6.45, 7) is 0.663. The molecule has 19 heavy (non-hydrogen) atoms. The summed E-state index contributed by atoms with van der Waals surface area (Å²) in [5, 5.41) is 3.27. The monoisotopic (exact) mass is 279 g/mol. The van der Waals surface area contributed by atoms with Gasteiger partial charge in [-0.25, -0.2) is 13.4 Å². The second kappa shape index (κ2) is 4.52. The molecule has 0 radical (unpaired) electrons. The zero-order valence-electron chi connectivity index (χ0n) is 10.8. The molecule has 5 nitrogen and oxygen atoms in total. The van der Waals surface area contributed by atoms with Crippen molar-refractivity contribution in [3.63, 3.8) is 0 Å². The molecule has 1 N–H and O–H groups in total. The summed E-state index contributed by atoms with van der Waals surface area (Å²) in [6.07, 6.45) is 0.749. The third-order valence-corrected chi connectivity index (χ3v) is 5.50. The molecule has 1 aromatic heterocycles. The Hall–Kier alpha value is -1.56. The molecule has 1 saturated heterocycles. The van der Waals surface area contributed by atoms with Crippen LogP contribution in [0, 0.1) is 5.92 Å². The second-order valence-electron chi connectivity index (χ2n) is 5.13. The van der Waals surface area contributed by atoms with E-state index in [4.69, 9.17) is 0 Å². The second-order valence-corrected chi connectivity index (χ2v) is 7.36. The van der Waals surface area contributed by atoms with Crippen LogP contribution in [0.5, 0.6) is 0 Å². The molecular formula is C13H17N3O2S. The number of rotatable bonds is 3. The number of hydrogen-bond donors (Lipinski definition) is 1. The Bertz CT molecular complexity index is 706. The number of nitrogens with zero attached hydrogens (tertiary/aromatic N) is 2. The molecule has 0 spiro atoms. The Kier molecular flexibility index (Phi) is 2.97. The van der Waals surface area contributed by atoms with Gasteiger partial charge in [0.25, 0.3) is 0 Å². The van der Waals surface area contributed by atoms with Gasteiger partial charge in [0.05, 0.1) is 22.5 Å². The minimum atomic E-state index is -2.80. The maximum absolute atomic E-state index is 11.4. The number of imidazole rings is 1. The van der Waals surface area contributed by atoms with Gasteiger partial charge in [0.2, 0.25) is 5.95 Å². The molecule has 3 rings (SSSR count). The minimum absolute atomic E-state index is 0.199. The van der Waals surface area contributed by atoms with E-state index in [1.807, 2.05) is 35.9 Å². The normalized spacial score (nSPS) is 21.8. The summed E-state index contributed by atoms with van der Waals surface area (Å²) in [5.74, 6) is 1.61. The highest BCUT2D eigenvalue weighted by molar-refractivity contribution is 7.91. The van der Waals surface area contributed by atoms with Gasteiger partial charge in [-0.1, -0.05) is 12.1 Å². The highest BCUT2D eigenvalue weighted by atomic mass is 32.2. The van der Waals surface area contributed by atoms with E-state index in [0.717, 1.165) is 23.4 Å². The van der Waals surface area contributed by atoms with Crippen LogP contribution in [0.1, 0.15) is 6.42 Å². The fourth-order valence-electron chi connectivity index (χ4n) is 2.57. The molecule has 0 aliphatic carbocycles. The van der Waals surface area contributed by atoms with E-state index in [9.17, 15) is 8.42 Å². The third kappa shape index (κ3) is 2.45. The van der Waals surface area contributed by atoms with E-state index in [0.29, 0.717) is 18.1 Å². The van der Waals surface area contributed by atoms with Crippen molar-refractivity contribution < 1.29 is 8.42 Å². The summed E-state index contributed by atoms with van der Waals surface area (Å²) in [6, 6.07) is 7.94. The van der Waals surface area contributed by atoms with Crippen molar-refractivity contribution in [2.45, 2.75) is 6.42 Å². The average Bonchev–Trinajstić information content (AvgIpc) is 2.88. The van der Waals surface area contributed by atoms with E-state index in [2.05, 4.69) is 10.3 Å². The van der Waals surface area contributed by atoms with Crippen LogP contribution in [0.15, 0.2) is 24.3 Å². The van der Waals surface area contributed by atoms with Gasteiger partial charge < -0.3 is 9.88 Å². The number of sulfone groups is 1. The Morgan fingerprint density at radius 1 is 1.42 bits per heavy atom. The minimum Gasteiger partial charge on any atom is -0.355 e. The van der Waals surface area contributed by atoms with Crippen molar-refractivity contribution in [2.75, 3.05) is 23.4 Å². The van der Waals surface area contributed by atoms with Gasteiger partial charge >= 0.3 is 0 Å². The molecule has 1 aromatic carbocycles. The number of benzene rings is 1. The molecule has 1 fully saturated rings. The Labute approximate surface area is 112 Å². The standard InChI is InChI=1S/C13H17N3O2S/c1-16-12-5-3-2-4-11(12)15-13(16)14-8-10-6-7-19(17,18)9-10/h2-5,10H,6-9H2,1H3,(H,14,15). The number of aryl methyl sites for hydroxylation is 1. The molecule has 0 saturated carbocycles. The first-order chi connectivity index (χ1) is 9.05. The van der Waals surface area contributed by atoms with Gasteiger partial charge in [0.15, 0.2) is 9.84 Å². The summed E-state index contributed by atoms with van der Waals surface area (Å²) in [5.41, 5.74) is 2.02. The van der Waals surface area contributed by atoms with Crippen LogP contribution in [0.2, 0.25) is 0 Å². The molecule has 6 heteroatoms. The maximum Gasteiger partial charge on any atom is 0.203 e. The Balaban J connectivity index is 1.74. The van der Waals surface area contributed by atoms with Crippen LogP contribution in [0.25, 0.3) is 11.0 Å². The summed E-state index contributed by atoms with van der Waals surface area (Å²) in [4.78, 5) is 4.51. The predicted octanol–water partition coefficient (Wildman–Crippen LogP) is 1.42. The largest absolute Gasteiger partial charge is 0.355 e. The number of fused-ring (bicyclic) bond motifs is 1. The van der Waals surface area contributed by atoms with Gasteiger partial charge in [-0.05, 0) is 24.5 Å². The molecule has 1 atom stereocenters. The molecule has 1 aliphatic heterocycles. The van der Waals surface area contributed by atoms with Gasteiger partial charge in [0.1, 0.15) is 0 Å². The first-order valence-corrected chi connectivity index (χ1v) is 8.23. The molecular weight excluding hydrogens is 262 g/mol. The maximum atomic E-state index is 11.4. The van der Waals surface area contributed by atoms with E-state index in [1.165, 1.54) is 0 Å². The first kappa shape index (κ1) is 12.5. The highest BCUT2D eigenvalue weighted by Gasteiger charge is 2.27. The van der Waals surface area contributed by atoms with E-state index >= 15 is 0 Å². The summed E-state index contributed by atoms with van der Waals surface area (Å²) >= 11 is 0. The topological polar surface area (TPSA) is 64.0 Å². The van der Waals surface area contributed by atoms with Crippen LogP contribution in [-0.2, 0) is 16.9 Å². The van der Waals surface area contributed by atoms with Crippen molar-refractivity contribution in [1.29, 1.82) is 0 Å². The quantitative estimate of drug-likeness (QED) is 0.923. The van der Waals surface area contributed by atoms with E-state index in [-0.39, 0.29) is 5.92 Å². The molecule has 0 bridgehead atoms. The molecule has 1 aliphatic rings.